The van der Waals surface area contributed by atoms with Crippen molar-refractivity contribution in [1.29, 1.82) is 0 Å². The largest absolute Gasteiger partial charge is 0.496 e. The second-order valence-corrected chi connectivity index (χ2v) is 17.6. The Balaban J connectivity index is 1.56. The molecule has 12 heteroatoms. The Kier molecular flexibility index (Phi) is 9.92. The summed E-state index contributed by atoms with van der Waals surface area (Å²) >= 11 is 0. The molecule has 1 saturated carbocycles. The van der Waals surface area contributed by atoms with Crippen molar-refractivity contribution in [1.82, 2.24) is 9.88 Å². The summed E-state index contributed by atoms with van der Waals surface area (Å²) in [4.78, 5) is 68.2. The lowest BCUT2D eigenvalue weighted by Crippen LogP contribution is -2.48. The van der Waals surface area contributed by atoms with E-state index in [0.29, 0.717) is 12.3 Å². The maximum Gasteiger partial charge on any atom is 0.332 e. The van der Waals surface area contributed by atoms with Crippen molar-refractivity contribution in [3.63, 3.8) is 0 Å². The molecular weight excluding hydrogens is 635 g/mol. The van der Waals surface area contributed by atoms with E-state index in [4.69, 9.17) is 14.2 Å². The standard InChI is InChI=1S/C36H49N2O9P/c1-8-24-18-36(24,48(42,43)44)19-29(39)28-16-25-20-38(28)33(41)27(34(2,3)4)17-31(40)46-21-35(5,6)12-9-10-23-14-26-22(15-30(23)45-7)11-13-37-32(26)47-25/h8,11,13-15,24-25,27-28H,1,9-10,12,16-21H2,2-7H3,(H2,42,43,44)/t24?,25-,27-,28+,36?/m1/s1. The Hall–Kier alpha value is -3.27. The number of fused-ring (bicyclic) bond motifs is 3. The fourth-order valence-corrected chi connectivity index (χ4v) is 8.60. The zero-order valence-corrected chi connectivity index (χ0v) is 29.8. The first kappa shape index (κ1) is 36.0. The van der Waals surface area contributed by atoms with E-state index in [1.54, 1.807) is 13.3 Å². The van der Waals surface area contributed by atoms with Crippen molar-refractivity contribution in [3.05, 3.63) is 42.6 Å². The summed E-state index contributed by atoms with van der Waals surface area (Å²) < 4.78 is 30.6. The van der Waals surface area contributed by atoms with Gasteiger partial charge in [0.1, 0.15) is 11.9 Å². The third-order valence-corrected chi connectivity index (χ3v) is 12.2. The number of aromatic nitrogens is 1. The van der Waals surface area contributed by atoms with Crippen LogP contribution in [-0.2, 0) is 30.1 Å². The van der Waals surface area contributed by atoms with Crippen molar-refractivity contribution in [3.8, 4) is 11.6 Å². The van der Waals surface area contributed by atoms with Gasteiger partial charge in [-0.05, 0) is 71.6 Å². The Morgan fingerprint density at radius 1 is 1.25 bits per heavy atom. The van der Waals surface area contributed by atoms with E-state index in [0.717, 1.165) is 34.9 Å². The summed E-state index contributed by atoms with van der Waals surface area (Å²) in [5.74, 6) is -1.57. The Bertz CT molecular complexity index is 1640. The highest BCUT2D eigenvalue weighted by atomic mass is 31.2. The van der Waals surface area contributed by atoms with Gasteiger partial charge in [-0.3, -0.25) is 18.9 Å². The quantitative estimate of drug-likeness (QED) is 0.222. The number of allylic oxidation sites excluding steroid dienone is 1. The first-order chi connectivity index (χ1) is 22.4. The lowest BCUT2D eigenvalue weighted by molar-refractivity contribution is -0.155. The normalized spacial score (nSPS) is 28.3. The van der Waals surface area contributed by atoms with Gasteiger partial charge in [-0.15, -0.1) is 6.58 Å². The van der Waals surface area contributed by atoms with Gasteiger partial charge in [0.05, 0.1) is 43.8 Å². The maximum atomic E-state index is 14.4. The smallest absolute Gasteiger partial charge is 0.332 e. The number of benzene rings is 1. The van der Waals surface area contributed by atoms with Crippen LogP contribution in [0.3, 0.4) is 0 Å². The second-order valence-electron chi connectivity index (χ2n) is 15.6. The molecule has 1 aromatic heterocycles. The van der Waals surface area contributed by atoms with Crippen LogP contribution in [0.15, 0.2) is 37.1 Å². The molecule has 2 aliphatic heterocycles. The fraction of sp³-hybridized carbons (Fsp3) is 0.611. The van der Waals surface area contributed by atoms with Crippen molar-refractivity contribution in [2.45, 2.75) is 96.9 Å². The molecule has 0 radical (unpaired) electrons. The Morgan fingerprint density at radius 2 is 1.98 bits per heavy atom. The van der Waals surface area contributed by atoms with E-state index in [-0.39, 0.29) is 37.8 Å². The molecule has 4 bridgehead atoms. The first-order valence-electron chi connectivity index (χ1n) is 16.7. The van der Waals surface area contributed by atoms with Crippen molar-refractivity contribution >= 4 is 36.0 Å². The zero-order chi connectivity index (χ0) is 35.2. The highest BCUT2D eigenvalue weighted by molar-refractivity contribution is 7.54. The van der Waals surface area contributed by atoms with Crippen LogP contribution in [0.5, 0.6) is 11.6 Å². The fourth-order valence-electron chi connectivity index (χ4n) is 7.27. The molecule has 2 fully saturated rings. The molecule has 11 nitrogen and oxygen atoms in total. The monoisotopic (exact) mass is 684 g/mol. The lowest BCUT2D eigenvalue weighted by Gasteiger charge is -2.35. The number of esters is 1. The van der Waals surface area contributed by atoms with Crippen LogP contribution in [0.2, 0.25) is 0 Å². The first-order valence-corrected chi connectivity index (χ1v) is 18.3. The number of hydrogen-bond acceptors (Lipinski definition) is 8. The molecule has 3 aliphatic rings. The summed E-state index contributed by atoms with van der Waals surface area (Å²) in [5.41, 5.74) is -0.00327. The van der Waals surface area contributed by atoms with E-state index in [2.05, 4.69) is 11.6 Å². The van der Waals surface area contributed by atoms with E-state index in [1.807, 2.05) is 52.8 Å². The number of ether oxygens (including phenoxy) is 3. The molecule has 3 heterocycles. The minimum Gasteiger partial charge on any atom is -0.496 e. The topological polar surface area (TPSA) is 153 Å². The number of methoxy groups -OCH3 is 1. The summed E-state index contributed by atoms with van der Waals surface area (Å²) in [7, 11) is -3.04. The molecule has 1 amide bonds. The number of amides is 1. The average Bonchev–Trinajstić information content (AvgIpc) is 3.58. The summed E-state index contributed by atoms with van der Waals surface area (Å²) in [5, 5.41) is 0.106. The molecule has 2 aromatic rings. The predicted molar refractivity (Wildman–Crippen MR) is 181 cm³/mol. The van der Waals surface area contributed by atoms with E-state index >= 15 is 0 Å². The number of carbonyl (C=O) groups is 3. The molecule has 48 heavy (non-hydrogen) atoms. The van der Waals surface area contributed by atoms with Gasteiger partial charge in [0.2, 0.25) is 11.8 Å². The number of pyridine rings is 1. The zero-order valence-electron chi connectivity index (χ0n) is 28.9. The van der Waals surface area contributed by atoms with Crippen LogP contribution in [0.4, 0.5) is 0 Å². The third-order valence-electron chi connectivity index (χ3n) is 10.4. The van der Waals surface area contributed by atoms with Gasteiger partial charge in [-0.2, -0.15) is 0 Å². The molecule has 2 unspecified atom stereocenters. The molecule has 1 aromatic carbocycles. The highest BCUT2D eigenvalue weighted by Crippen LogP contribution is 2.71. The van der Waals surface area contributed by atoms with Crippen LogP contribution in [0.25, 0.3) is 10.8 Å². The van der Waals surface area contributed by atoms with Gasteiger partial charge in [-0.25, -0.2) is 4.98 Å². The number of Topliss-reactive ketones (excluding diaryl/α,β-unsaturated/α-hetero) is 1. The van der Waals surface area contributed by atoms with Crippen molar-refractivity contribution in [2.75, 3.05) is 20.3 Å². The molecule has 1 aliphatic carbocycles. The molecule has 5 rings (SSSR count). The highest BCUT2D eigenvalue weighted by Gasteiger charge is 2.65. The third kappa shape index (κ3) is 7.33. The van der Waals surface area contributed by atoms with E-state index in [9.17, 15) is 28.7 Å². The van der Waals surface area contributed by atoms with Crippen LogP contribution in [0, 0.1) is 22.7 Å². The predicted octanol–water partition coefficient (Wildman–Crippen LogP) is 5.63. The van der Waals surface area contributed by atoms with Crippen LogP contribution in [-0.4, -0.2) is 74.9 Å². The van der Waals surface area contributed by atoms with E-state index < -0.39 is 66.2 Å². The van der Waals surface area contributed by atoms with Crippen LogP contribution < -0.4 is 9.47 Å². The molecule has 262 valence electrons. The Morgan fingerprint density at radius 3 is 2.60 bits per heavy atom. The number of cyclic esters (lactones) is 1. The van der Waals surface area contributed by atoms with Gasteiger partial charge in [0.15, 0.2) is 5.78 Å². The summed E-state index contributed by atoms with van der Waals surface area (Å²) in [6.07, 6.45) is 4.47. The molecule has 5 atom stereocenters. The molecule has 1 saturated heterocycles. The molecule has 0 spiro atoms. The molecular formula is C36H49N2O9P. The van der Waals surface area contributed by atoms with Crippen LogP contribution >= 0.6 is 7.60 Å². The molecule has 2 N–H and O–H groups in total. The summed E-state index contributed by atoms with van der Waals surface area (Å²) in [6, 6.07) is 4.82. The summed E-state index contributed by atoms with van der Waals surface area (Å²) in [6.45, 7) is 13.6. The van der Waals surface area contributed by atoms with Crippen molar-refractivity contribution in [2.24, 2.45) is 22.7 Å². The van der Waals surface area contributed by atoms with Crippen LogP contribution in [0.1, 0.15) is 78.7 Å². The minimum absolute atomic E-state index is 0.0405. The van der Waals surface area contributed by atoms with Gasteiger partial charge >= 0.3 is 13.6 Å². The average molecular weight is 685 g/mol. The number of carbonyl (C=O) groups excluding carboxylic acids is 3. The van der Waals surface area contributed by atoms with Gasteiger partial charge < -0.3 is 28.9 Å². The number of ketones is 1. The van der Waals surface area contributed by atoms with E-state index in [1.165, 1.54) is 11.0 Å². The maximum absolute atomic E-state index is 14.4. The number of hydrogen-bond donors (Lipinski definition) is 2. The Labute approximate surface area is 282 Å². The van der Waals surface area contributed by atoms with Gasteiger partial charge in [0, 0.05) is 24.4 Å². The van der Waals surface area contributed by atoms with Gasteiger partial charge in [-0.1, -0.05) is 40.7 Å². The second kappa shape index (κ2) is 13.2. The number of nitrogens with zero attached hydrogens (tertiary/aromatic N) is 2. The lowest BCUT2D eigenvalue weighted by atomic mass is 9.77. The van der Waals surface area contributed by atoms with Crippen molar-refractivity contribution < 1.29 is 42.9 Å². The number of rotatable bonds is 6. The SMILES string of the molecule is C=CC1CC1(CC(=O)[C@@H]1C[C@@H]2CN1C(=O)[C@H](C(C)(C)C)CC(=O)OCC(C)(C)CCCc1cc3c(nccc3cc1OC)O2)P(=O)(O)O. The number of aryl methyl sites for hydroxylation is 1. The minimum atomic E-state index is -4.67. The van der Waals surface area contributed by atoms with Gasteiger partial charge in [0.25, 0.3) is 0 Å².